The molecule has 1 saturated heterocycles. The molecule has 26 heavy (non-hydrogen) atoms. The van der Waals surface area contributed by atoms with E-state index in [1.165, 1.54) is 4.90 Å². The third kappa shape index (κ3) is 3.42. The topological polar surface area (TPSA) is 99.2 Å². The van der Waals surface area contributed by atoms with Gasteiger partial charge in [-0.05, 0) is 26.2 Å². The summed E-state index contributed by atoms with van der Waals surface area (Å²) < 4.78 is 5.17. The van der Waals surface area contributed by atoms with Crippen molar-refractivity contribution in [1.82, 2.24) is 15.1 Å². The highest BCUT2D eigenvalue weighted by atomic mass is 16.5. The number of hydrogen-bond donors (Lipinski definition) is 2. The van der Waals surface area contributed by atoms with Crippen molar-refractivity contribution in [2.75, 3.05) is 26.7 Å². The molecule has 1 aliphatic carbocycles. The van der Waals surface area contributed by atoms with Gasteiger partial charge in [0.15, 0.2) is 0 Å². The molecule has 0 bridgehead atoms. The van der Waals surface area contributed by atoms with Crippen LogP contribution in [0.5, 0.6) is 0 Å². The number of esters is 1. The fourth-order valence-electron chi connectivity index (χ4n) is 3.81. The normalized spacial score (nSPS) is 34.8. The third-order valence-corrected chi connectivity index (χ3v) is 5.39. The number of fused-ring (bicyclic) bond motifs is 2. The van der Waals surface area contributed by atoms with Crippen molar-refractivity contribution in [3.8, 4) is 0 Å². The molecule has 144 valence electrons. The van der Waals surface area contributed by atoms with E-state index in [1.54, 1.807) is 18.9 Å². The van der Waals surface area contributed by atoms with Crippen LogP contribution in [0.15, 0.2) is 12.2 Å². The first-order valence-electron chi connectivity index (χ1n) is 9.24. The minimum atomic E-state index is -1.05. The van der Waals surface area contributed by atoms with Crippen LogP contribution in [0.3, 0.4) is 0 Å². The zero-order valence-electron chi connectivity index (χ0n) is 15.3. The highest BCUT2D eigenvalue weighted by Crippen LogP contribution is 2.46. The Balaban J connectivity index is 1.86. The van der Waals surface area contributed by atoms with Gasteiger partial charge < -0.3 is 25.0 Å². The number of ether oxygens (including phenoxy) is 1. The first-order chi connectivity index (χ1) is 12.4. The lowest BCUT2D eigenvalue weighted by atomic mass is 10.1. The first kappa shape index (κ1) is 18.7. The summed E-state index contributed by atoms with van der Waals surface area (Å²) in [5.74, 6) is -0.947. The Hall–Kier alpha value is -2.09. The number of nitrogens with one attached hydrogen (secondary N) is 1. The zero-order chi connectivity index (χ0) is 18.9. The summed E-state index contributed by atoms with van der Waals surface area (Å²) in [6.45, 7) is 2.66. The number of nitrogens with zero attached hydrogens (tertiary/aromatic N) is 2. The Kier molecular flexibility index (Phi) is 5.22. The summed E-state index contributed by atoms with van der Waals surface area (Å²) in [7, 11) is 1.70. The molecule has 2 aliphatic heterocycles. The Labute approximate surface area is 153 Å². The van der Waals surface area contributed by atoms with Crippen LogP contribution in [0.25, 0.3) is 0 Å². The van der Waals surface area contributed by atoms with Crippen molar-refractivity contribution >= 4 is 17.9 Å². The third-order valence-electron chi connectivity index (χ3n) is 5.39. The molecule has 4 atom stereocenters. The first-order valence-corrected chi connectivity index (χ1v) is 9.24. The van der Waals surface area contributed by atoms with Crippen LogP contribution < -0.4 is 5.32 Å². The Morgan fingerprint density at radius 2 is 2.23 bits per heavy atom. The van der Waals surface area contributed by atoms with Crippen LogP contribution in [0.1, 0.15) is 32.6 Å². The lowest BCUT2D eigenvalue weighted by Gasteiger charge is -2.29. The quantitative estimate of drug-likeness (QED) is 0.540. The van der Waals surface area contributed by atoms with Crippen molar-refractivity contribution in [2.45, 2.75) is 50.3 Å². The molecule has 2 fully saturated rings. The van der Waals surface area contributed by atoms with Crippen molar-refractivity contribution in [3.63, 3.8) is 0 Å². The van der Waals surface area contributed by atoms with E-state index in [4.69, 9.17) is 4.74 Å². The van der Waals surface area contributed by atoms with E-state index in [2.05, 4.69) is 5.32 Å². The molecular weight excluding hydrogens is 338 g/mol. The molecule has 0 aromatic heterocycles. The molecule has 3 amide bonds. The number of amides is 3. The average molecular weight is 365 g/mol. The van der Waals surface area contributed by atoms with Gasteiger partial charge >= 0.3 is 12.0 Å². The molecule has 0 aromatic rings. The van der Waals surface area contributed by atoms with E-state index < -0.39 is 29.6 Å². The molecule has 0 radical (unpaired) electrons. The van der Waals surface area contributed by atoms with Gasteiger partial charge in [-0.25, -0.2) is 9.59 Å². The molecule has 0 aromatic carbocycles. The van der Waals surface area contributed by atoms with Gasteiger partial charge in [0.2, 0.25) is 5.91 Å². The van der Waals surface area contributed by atoms with Crippen LogP contribution in [0.2, 0.25) is 0 Å². The van der Waals surface area contributed by atoms with Crippen LogP contribution in [0.4, 0.5) is 4.79 Å². The van der Waals surface area contributed by atoms with Gasteiger partial charge in [0.05, 0.1) is 12.7 Å². The maximum Gasteiger partial charge on any atom is 0.332 e. The molecule has 3 aliphatic rings. The fourth-order valence-corrected chi connectivity index (χ4v) is 3.81. The molecule has 2 heterocycles. The molecule has 2 N–H and O–H groups in total. The van der Waals surface area contributed by atoms with Gasteiger partial charge in [0, 0.05) is 32.5 Å². The molecular formula is C18H27N3O5. The van der Waals surface area contributed by atoms with Crippen molar-refractivity contribution in [1.29, 1.82) is 0 Å². The number of carbonyl (C=O) groups is 3. The van der Waals surface area contributed by atoms with Crippen molar-refractivity contribution in [3.05, 3.63) is 12.2 Å². The predicted octanol–water partition coefficient (Wildman–Crippen LogP) is 0.261. The molecule has 0 unspecified atom stereocenters. The van der Waals surface area contributed by atoms with Gasteiger partial charge in [-0.2, -0.15) is 0 Å². The number of aliphatic hydroxyl groups excluding tert-OH is 1. The van der Waals surface area contributed by atoms with E-state index in [-0.39, 0.29) is 31.5 Å². The number of carbonyl (C=O) groups excluding carboxylic acids is 3. The predicted molar refractivity (Wildman–Crippen MR) is 93.1 cm³/mol. The van der Waals surface area contributed by atoms with Crippen LogP contribution >= 0.6 is 0 Å². The summed E-state index contributed by atoms with van der Waals surface area (Å²) in [5, 5.41) is 12.8. The van der Waals surface area contributed by atoms with E-state index in [9.17, 15) is 19.5 Å². The minimum Gasteiger partial charge on any atom is -0.464 e. The van der Waals surface area contributed by atoms with E-state index in [0.717, 1.165) is 12.8 Å². The highest BCUT2D eigenvalue weighted by molar-refractivity contribution is 5.95. The van der Waals surface area contributed by atoms with Gasteiger partial charge in [0.25, 0.3) is 0 Å². The van der Waals surface area contributed by atoms with E-state index >= 15 is 0 Å². The molecule has 1 saturated carbocycles. The van der Waals surface area contributed by atoms with Gasteiger partial charge in [0.1, 0.15) is 11.6 Å². The van der Waals surface area contributed by atoms with Crippen molar-refractivity contribution < 1.29 is 24.2 Å². The lowest BCUT2D eigenvalue weighted by Crippen LogP contribution is -2.55. The highest BCUT2D eigenvalue weighted by Gasteiger charge is 2.62. The maximum atomic E-state index is 12.9. The summed E-state index contributed by atoms with van der Waals surface area (Å²) in [6, 6.07) is -1.06. The largest absolute Gasteiger partial charge is 0.464 e. The number of hydrogen-bond acceptors (Lipinski definition) is 5. The van der Waals surface area contributed by atoms with Crippen LogP contribution in [-0.4, -0.2) is 77.2 Å². The second kappa shape index (κ2) is 7.26. The summed E-state index contributed by atoms with van der Waals surface area (Å²) in [6.07, 6.45) is 5.45. The maximum absolute atomic E-state index is 12.9. The number of rotatable bonds is 2. The molecule has 8 heteroatoms. The second-order valence-corrected chi connectivity index (χ2v) is 7.32. The summed E-state index contributed by atoms with van der Waals surface area (Å²) in [5.41, 5.74) is -1.05. The monoisotopic (exact) mass is 365 g/mol. The smallest absolute Gasteiger partial charge is 0.332 e. The fraction of sp³-hybridized carbons (Fsp3) is 0.722. The molecule has 0 spiro atoms. The zero-order valence-corrected chi connectivity index (χ0v) is 15.3. The van der Waals surface area contributed by atoms with Gasteiger partial charge in [-0.3, -0.25) is 4.79 Å². The minimum absolute atomic E-state index is 0.0977. The SMILES string of the molecule is CCOC(=O)[C@@]12C[C@H]1C=CCCCN(C)C(=O)N1C[C@@H](O)C[C@H]1C(=O)N2. The Bertz CT molecular complexity index is 622. The number of allylic oxidation sites excluding steroid dienone is 1. The van der Waals surface area contributed by atoms with E-state index in [0.29, 0.717) is 13.0 Å². The summed E-state index contributed by atoms with van der Waals surface area (Å²) in [4.78, 5) is 41.0. The van der Waals surface area contributed by atoms with Crippen LogP contribution in [-0.2, 0) is 14.3 Å². The van der Waals surface area contributed by atoms with Crippen molar-refractivity contribution in [2.24, 2.45) is 5.92 Å². The molecule has 3 rings (SSSR count). The summed E-state index contributed by atoms with van der Waals surface area (Å²) >= 11 is 0. The Morgan fingerprint density at radius 3 is 2.96 bits per heavy atom. The van der Waals surface area contributed by atoms with Gasteiger partial charge in [-0.15, -0.1) is 0 Å². The second-order valence-electron chi connectivity index (χ2n) is 7.32. The average Bonchev–Trinajstić information content (AvgIpc) is 3.15. The number of aliphatic hydroxyl groups is 1. The molecule has 8 nitrogen and oxygen atoms in total. The standard InChI is InChI=1S/C18H27N3O5/c1-3-26-16(24)18-10-12(18)7-5-4-6-8-20(2)17(25)21-11-13(22)9-14(21)15(23)19-18/h5,7,12-14,22H,3-4,6,8-11H2,1-2H3,(H,19,23)/t12-,13+,14+,18-/m1/s1. The van der Waals surface area contributed by atoms with E-state index in [1.807, 2.05) is 12.2 Å². The van der Waals surface area contributed by atoms with Crippen LogP contribution in [0, 0.1) is 5.92 Å². The lowest BCUT2D eigenvalue weighted by molar-refractivity contribution is -0.149. The Morgan fingerprint density at radius 1 is 1.46 bits per heavy atom. The number of urea groups is 1. The van der Waals surface area contributed by atoms with Gasteiger partial charge in [-0.1, -0.05) is 12.2 Å².